The number of nitrogens with one attached hydrogen (secondary N) is 2. The van der Waals surface area contributed by atoms with E-state index in [1.54, 1.807) is 30.3 Å². The Kier molecular flexibility index (Phi) is 8.92. The zero-order chi connectivity index (χ0) is 27.9. The van der Waals surface area contributed by atoms with E-state index in [2.05, 4.69) is 26.7 Å². The van der Waals surface area contributed by atoms with Crippen molar-refractivity contribution < 1.29 is 13.9 Å². The summed E-state index contributed by atoms with van der Waals surface area (Å²) in [5.41, 5.74) is 4.13. The van der Waals surface area contributed by atoms with Crippen molar-refractivity contribution in [2.75, 3.05) is 31.3 Å². The maximum absolute atomic E-state index is 13.3. The molecule has 2 heterocycles. The number of aromatic nitrogens is 2. The summed E-state index contributed by atoms with van der Waals surface area (Å²) in [5.74, 6) is -0.251. The molecule has 4 aromatic rings. The van der Waals surface area contributed by atoms with E-state index in [-0.39, 0.29) is 12.5 Å². The van der Waals surface area contributed by atoms with E-state index >= 15 is 0 Å². The van der Waals surface area contributed by atoms with Crippen LogP contribution in [0.2, 0.25) is 5.02 Å². The summed E-state index contributed by atoms with van der Waals surface area (Å²) >= 11 is 6.46. The molecule has 39 heavy (non-hydrogen) atoms. The number of rotatable bonds is 10. The summed E-state index contributed by atoms with van der Waals surface area (Å²) in [6, 6.07) is 15.5. The van der Waals surface area contributed by atoms with E-state index in [0.717, 1.165) is 18.5 Å². The molecule has 0 saturated carbocycles. The summed E-state index contributed by atoms with van der Waals surface area (Å²) in [6.45, 7) is 2.78. The highest BCUT2D eigenvalue weighted by Crippen LogP contribution is 2.35. The number of nitrogens with zero attached hydrogens (tertiary/aromatic N) is 4. The number of carbonyl (C=O) groups is 1. The zero-order valence-corrected chi connectivity index (χ0v) is 22.6. The summed E-state index contributed by atoms with van der Waals surface area (Å²) in [6.07, 6.45) is 2.66. The molecule has 0 saturated heterocycles. The fraction of sp³-hybridized carbons (Fsp3) is 0.241. The highest BCUT2D eigenvalue weighted by molar-refractivity contribution is 6.32. The van der Waals surface area contributed by atoms with E-state index in [4.69, 9.17) is 16.3 Å². The molecule has 1 amide bonds. The smallest absolute Gasteiger partial charge is 0.224 e. The highest BCUT2D eigenvalue weighted by Gasteiger charge is 2.14. The van der Waals surface area contributed by atoms with Gasteiger partial charge in [0.25, 0.3) is 0 Å². The number of anilines is 3. The largest absolute Gasteiger partial charge is 0.486 e. The molecule has 2 N–H and O–H groups in total. The van der Waals surface area contributed by atoms with Crippen LogP contribution in [0.15, 0.2) is 54.7 Å². The van der Waals surface area contributed by atoms with Gasteiger partial charge in [0.1, 0.15) is 18.4 Å². The Morgan fingerprint density at radius 1 is 1.21 bits per heavy atom. The van der Waals surface area contributed by atoms with Crippen molar-refractivity contribution in [3.05, 3.63) is 82.5 Å². The van der Waals surface area contributed by atoms with Crippen molar-refractivity contribution in [2.24, 2.45) is 0 Å². The predicted molar refractivity (Wildman–Crippen MR) is 151 cm³/mol. The lowest BCUT2D eigenvalue weighted by Crippen LogP contribution is -2.17. The quantitative estimate of drug-likeness (QED) is 0.228. The highest BCUT2D eigenvalue weighted by atomic mass is 35.5. The number of nitriles is 1. The maximum atomic E-state index is 13.3. The SMILES string of the molecule is Cc1cc2ncc(C#N)c(Nc3ccc(OCc4cccc(F)n4)c(Cl)c3)c2cc1NC(=O)CCCN(C)C. The van der Waals surface area contributed by atoms with Gasteiger partial charge < -0.3 is 20.3 Å². The van der Waals surface area contributed by atoms with E-state index in [1.165, 1.54) is 12.3 Å². The Balaban J connectivity index is 1.57. The molecule has 0 unspecified atom stereocenters. The molecule has 10 heteroatoms. The van der Waals surface area contributed by atoms with Crippen molar-refractivity contribution >= 4 is 45.5 Å². The number of benzene rings is 2. The molecule has 0 aliphatic heterocycles. The van der Waals surface area contributed by atoms with Crippen LogP contribution in [0.1, 0.15) is 29.7 Å². The molecule has 8 nitrogen and oxygen atoms in total. The molecular formula is C29H28ClFN6O2. The first kappa shape index (κ1) is 27.8. The second-order valence-electron chi connectivity index (χ2n) is 9.31. The van der Waals surface area contributed by atoms with Crippen molar-refractivity contribution in [1.29, 1.82) is 5.26 Å². The van der Waals surface area contributed by atoms with E-state index < -0.39 is 5.95 Å². The molecule has 0 atom stereocenters. The van der Waals surface area contributed by atoms with Crippen LogP contribution in [0.5, 0.6) is 5.75 Å². The third-order valence-electron chi connectivity index (χ3n) is 5.97. The van der Waals surface area contributed by atoms with E-state index in [0.29, 0.717) is 56.4 Å². The van der Waals surface area contributed by atoms with Crippen molar-refractivity contribution in [3.8, 4) is 11.8 Å². The number of pyridine rings is 2. The van der Waals surface area contributed by atoms with E-state index in [9.17, 15) is 14.4 Å². The minimum Gasteiger partial charge on any atom is -0.486 e. The molecule has 0 fully saturated rings. The van der Waals surface area contributed by atoms with Gasteiger partial charge in [0.2, 0.25) is 11.9 Å². The maximum Gasteiger partial charge on any atom is 0.224 e. The monoisotopic (exact) mass is 546 g/mol. The lowest BCUT2D eigenvalue weighted by Gasteiger charge is -2.16. The number of amides is 1. The van der Waals surface area contributed by atoms with E-state index in [1.807, 2.05) is 38.1 Å². The van der Waals surface area contributed by atoms with Gasteiger partial charge in [0, 0.05) is 29.4 Å². The number of ether oxygens (including phenoxy) is 1. The Hall–Kier alpha value is -4.26. The third kappa shape index (κ3) is 7.19. The summed E-state index contributed by atoms with van der Waals surface area (Å²) < 4.78 is 19.1. The van der Waals surface area contributed by atoms with Gasteiger partial charge in [-0.15, -0.1) is 0 Å². The molecule has 4 rings (SSSR count). The first-order valence-electron chi connectivity index (χ1n) is 12.3. The predicted octanol–water partition coefficient (Wildman–Crippen LogP) is 6.21. The zero-order valence-electron chi connectivity index (χ0n) is 21.9. The summed E-state index contributed by atoms with van der Waals surface area (Å²) in [5, 5.41) is 17.1. The van der Waals surface area contributed by atoms with Gasteiger partial charge >= 0.3 is 0 Å². The van der Waals surface area contributed by atoms with Crippen molar-refractivity contribution in [2.45, 2.75) is 26.4 Å². The van der Waals surface area contributed by atoms with Crippen LogP contribution in [0.25, 0.3) is 10.9 Å². The number of carbonyl (C=O) groups excluding carboxylic acids is 1. The van der Waals surface area contributed by atoms with Gasteiger partial charge in [0.15, 0.2) is 0 Å². The standard InChI is InChI=1S/C29H28ClFN6O2/c1-18-12-25-22(14-24(18)36-28(38)8-5-11-37(2)3)29(19(15-32)16-33-25)35-20-9-10-26(23(30)13-20)39-17-21-6-4-7-27(31)34-21/h4,6-7,9-10,12-14,16H,5,8,11,17H2,1-3H3,(H,33,35)(H,36,38). The molecule has 2 aromatic heterocycles. The van der Waals surface area contributed by atoms with Crippen LogP contribution in [-0.2, 0) is 11.4 Å². The second kappa shape index (κ2) is 12.5. The molecule has 200 valence electrons. The molecular weight excluding hydrogens is 519 g/mol. The topological polar surface area (TPSA) is 103 Å². The first-order valence-corrected chi connectivity index (χ1v) is 12.7. The Labute approximate surface area is 231 Å². The lowest BCUT2D eigenvalue weighted by atomic mass is 10.0. The number of hydrogen-bond donors (Lipinski definition) is 2. The second-order valence-corrected chi connectivity index (χ2v) is 9.72. The van der Waals surface area contributed by atoms with Gasteiger partial charge in [-0.2, -0.15) is 9.65 Å². The average Bonchev–Trinajstić information content (AvgIpc) is 2.89. The van der Waals surface area contributed by atoms with Crippen LogP contribution >= 0.6 is 11.6 Å². The Bertz CT molecular complexity index is 1550. The first-order chi connectivity index (χ1) is 18.7. The van der Waals surface area contributed by atoms with Gasteiger partial charge in [-0.1, -0.05) is 17.7 Å². The van der Waals surface area contributed by atoms with Gasteiger partial charge in [-0.3, -0.25) is 9.78 Å². The van der Waals surface area contributed by atoms with Gasteiger partial charge in [-0.05, 0) is 82.0 Å². The minimum absolute atomic E-state index is 0.0564. The fourth-order valence-electron chi connectivity index (χ4n) is 3.99. The van der Waals surface area contributed by atoms with Gasteiger partial charge in [-0.25, -0.2) is 4.98 Å². The molecule has 0 spiro atoms. The molecule has 0 aliphatic rings. The minimum atomic E-state index is -0.582. The van der Waals surface area contributed by atoms with Crippen molar-refractivity contribution in [1.82, 2.24) is 14.9 Å². The van der Waals surface area contributed by atoms with Crippen molar-refractivity contribution in [3.63, 3.8) is 0 Å². The summed E-state index contributed by atoms with van der Waals surface area (Å²) in [4.78, 5) is 22.8. The van der Waals surface area contributed by atoms with Crippen LogP contribution in [0.4, 0.5) is 21.5 Å². The lowest BCUT2D eigenvalue weighted by molar-refractivity contribution is -0.116. The van der Waals surface area contributed by atoms with Crippen LogP contribution in [0, 0.1) is 24.2 Å². The average molecular weight is 547 g/mol. The Morgan fingerprint density at radius 2 is 2.03 bits per heavy atom. The van der Waals surface area contributed by atoms with Gasteiger partial charge in [0.05, 0.1) is 27.5 Å². The van der Waals surface area contributed by atoms with Crippen LogP contribution in [-0.4, -0.2) is 41.4 Å². The molecule has 0 bridgehead atoms. The van der Waals surface area contributed by atoms with Crippen LogP contribution < -0.4 is 15.4 Å². The fourth-order valence-corrected chi connectivity index (χ4v) is 4.22. The number of aryl methyl sites for hydroxylation is 1. The third-order valence-corrected chi connectivity index (χ3v) is 6.26. The number of fused-ring (bicyclic) bond motifs is 1. The Morgan fingerprint density at radius 3 is 2.74 bits per heavy atom. The summed E-state index contributed by atoms with van der Waals surface area (Å²) in [7, 11) is 3.94. The molecule has 0 aliphatic carbocycles. The number of halogens is 2. The normalized spacial score (nSPS) is 10.9. The number of hydrogen-bond acceptors (Lipinski definition) is 7. The van der Waals surface area contributed by atoms with Crippen LogP contribution in [0.3, 0.4) is 0 Å². The molecule has 0 radical (unpaired) electrons. The molecule has 2 aromatic carbocycles.